The summed E-state index contributed by atoms with van der Waals surface area (Å²) in [6, 6.07) is 18.7. The van der Waals surface area contributed by atoms with Crippen LogP contribution in [0.3, 0.4) is 0 Å². The molecular formula is C19H19N5O. The van der Waals surface area contributed by atoms with Gasteiger partial charge in [0.2, 0.25) is 5.95 Å². The Morgan fingerprint density at radius 2 is 1.80 bits per heavy atom. The molecule has 1 heterocycles. The first kappa shape index (κ1) is 16.4. The molecule has 0 bridgehead atoms. The molecule has 0 radical (unpaired) electrons. The average molecular weight is 333 g/mol. The first-order valence-corrected chi connectivity index (χ1v) is 7.91. The number of benzene rings is 2. The van der Waals surface area contributed by atoms with E-state index in [1.54, 1.807) is 30.5 Å². The quantitative estimate of drug-likeness (QED) is 0.475. The van der Waals surface area contributed by atoms with Crippen LogP contribution in [0.15, 0.2) is 65.8 Å². The molecule has 6 heteroatoms. The molecule has 0 amide bonds. The van der Waals surface area contributed by atoms with Crippen LogP contribution in [-0.2, 0) is 6.54 Å². The molecule has 2 aromatic carbocycles. The van der Waals surface area contributed by atoms with Crippen molar-refractivity contribution in [1.82, 2.24) is 9.97 Å². The number of nitrogens with one attached hydrogen (secondary N) is 2. The highest BCUT2D eigenvalue weighted by Gasteiger charge is 2.01. The predicted molar refractivity (Wildman–Crippen MR) is 99.9 cm³/mol. The molecule has 0 unspecified atom stereocenters. The minimum absolute atomic E-state index is 0.227. The number of hydrogen-bond acceptors (Lipinski definition) is 6. The molecule has 3 N–H and O–H groups in total. The van der Waals surface area contributed by atoms with Gasteiger partial charge in [0.05, 0.1) is 6.21 Å². The molecule has 0 aliphatic rings. The SMILES string of the molecule is Cc1cc(NN=Cc2ccc(O)cc2)nc(NCc2ccccc2)n1. The maximum absolute atomic E-state index is 9.27. The number of aryl methyl sites for hydroxylation is 1. The van der Waals surface area contributed by atoms with E-state index in [1.807, 2.05) is 43.3 Å². The van der Waals surface area contributed by atoms with Gasteiger partial charge in [0, 0.05) is 18.3 Å². The Hall–Kier alpha value is -3.41. The second-order valence-electron chi connectivity index (χ2n) is 5.52. The molecule has 0 fully saturated rings. The maximum Gasteiger partial charge on any atom is 0.225 e. The van der Waals surface area contributed by atoms with Gasteiger partial charge in [-0.25, -0.2) is 4.98 Å². The summed E-state index contributed by atoms with van der Waals surface area (Å²) in [4.78, 5) is 8.79. The van der Waals surface area contributed by atoms with Gasteiger partial charge in [0.1, 0.15) is 5.75 Å². The second kappa shape index (κ2) is 7.92. The Labute approximate surface area is 146 Å². The van der Waals surface area contributed by atoms with Gasteiger partial charge < -0.3 is 10.4 Å². The van der Waals surface area contributed by atoms with Crippen molar-refractivity contribution in [3.05, 3.63) is 77.5 Å². The van der Waals surface area contributed by atoms with Gasteiger partial charge in [-0.2, -0.15) is 10.1 Å². The van der Waals surface area contributed by atoms with Crippen molar-refractivity contribution in [2.24, 2.45) is 5.10 Å². The molecule has 0 aliphatic carbocycles. The Bertz CT molecular complexity index is 847. The lowest BCUT2D eigenvalue weighted by Gasteiger charge is -2.08. The summed E-state index contributed by atoms with van der Waals surface area (Å²) in [6.45, 7) is 2.56. The number of anilines is 2. The van der Waals surface area contributed by atoms with E-state index >= 15 is 0 Å². The zero-order valence-corrected chi connectivity index (χ0v) is 13.8. The molecule has 25 heavy (non-hydrogen) atoms. The van der Waals surface area contributed by atoms with Crippen molar-refractivity contribution in [2.45, 2.75) is 13.5 Å². The largest absolute Gasteiger partial charge is 0.508 e. The lowest BCUT2D eigenvalue weighted by molar-refractivity contribution is 0.475. The standard InChI is InChI=1S/C19H19N5O/c1-14-11-18(24-21-13-16-7-9-17(25)10-8-16)23-19(22-14)20-12-15-5-3-2-4-6-15/h2-11,13,25H,12H2,1H3,(H2,20,22,23,24). The van der Waals surface area contributed by atoms with Crippen molar-refractivity contribution in [2.75, 3.05) is 10.7 Å². The Balaban J connectivity index is 1.63. The topological polar surface area (TPSA) is 82.4 Å². The van der Waals surface area contributed by atoms with Crippen LogP contribution < -0.4 is 10.7 Å². The maximum atomic E-state index is 9.27. The molecule has 0 aliphatic heterocycles. The molecule has 0 spiro atoms. The van der Waals surface area contributed by atoms with E-state index in [0.717, 1.165) is 16.8 Å². The monoisotopic (exact) mass is 333 g/mol. The molecule has 0 saturated carbocycles. The lowest BCUT2D eigenvalue weighted by Crippen LogP contribution is -2.06. The summed E-state index contributed by atoms with van der Waals surface area (Å²) in [5, 5.41) is 16.7. The Morgan fingerprint density at radius 3 is 2.56 bits per heavy atom. The molecule has 3 rings (SSSR count). The van der Waals surface area contributed by atoms with Gasteiger partial charge in [-0.15, -0.1) is 0 Å². The van der Waals surface area contributed by atoms with Crippen LogP contribution in [0.25, 0.3) is 0 Å². The van der Waals surface area contributed by atoms with Gasteiger partial charge in [-0.05, 0) is 42.3 Å². The summed E-state index contributed by atoms with van der Waals surface area (Å²) < 4.78 is 0. The Morgan fingerprint density at radius 1 is 1.04 bits per heavy atom. The second-order valence-corrected chi connectivity index (χ2v) is 5.52. The third-order valence-corrected chi connectivity index (χ3v) is 3.43. The number of aromatic nitrogens is 2. The minimum Gasteiger partial charge on any atom is -0.508 e. The van der Waals surface area contributed by atoms with Gasteiger partial charge in [-0.3, -0.25) is 5.43 Å². The van der Waals surface area contributed by atoms with Gasteiger partial charge >= 0.3 is 0 Å². The van der Waals surface area contributed by atoms with Crippen molar-refractivity contribution < 1.29 is 5.11 Å². The highest BCUT2D eigenvalue weighted by molar-refractivity contribution is 5.80. The number of phenolic OH excluding ortho intramolecular Hbond substituents is 1. The van der Waals surface area contributed by atoms with E-state index in [0.29, 0.717) is 18.3 Å². The van der Waals surface area contributed by atoms with Crippen molar-refractivity contribution in [3.63, 3.8) is 0 Å². The fourth-order valence-corrected chi connectivity index (χ4v) is 2.22. The summed E-state index contributed by atoms with van der Waals surface area (Å²) in [5.41, 5.74) is 5.78. The highest BCUT2D eigenvalue weighted by Crippen LogP contribution is 2.11. The number of phenols is 1. The van der Waals surface area contributed by atoms with E-state index in [-0.39, 0.29) is 5.75 Å². The summed E-state index contributed by atoms with van der Waals surface area (Å²) in [7, 11) is 0. The smallest absolute Gasteiger partial charge is 0.225 e. The number of hydrazone groups is 1. The van der Waals surface area contributed by atoms with E-state index in [4.69, 9.17) is 0 Å². The minimum atomic E-state index is 0.227. The first-order chi connectivity index (χ1) is 12.2. The molecule has 3 aromatic rings. The fraction of sp³-hybridized carbons (Fsp3) is 0.105. The summed E-state index contributed by atoms with van der Waals surface area (Å²) in [6.07, 6.45) is 1.66. The van der Waals surface area contributed by atoms with Gasteiger partial charge in [0.25, 0.3) is 0 Å². The average Bonchev–Trinajstić information content (AvgIpc) is 2.62. The lowest BCUT2D eigenvalue weighted by atomic mass is 10.2. The fourth-order valence-electron chi connectivity index (χ4n) is 2.22. The molecule has 6 nitrogen and oxygen atoms in total. The molecule has 0 saturated heterocycles. The van der Waals surface area contributed by atoms with Crippen LogP contribution in [0.4, 0.5) is 11.8 Å². The normalized spacial score (nSPS) is 10.8. The third-order valence-electron chi connectivity index (χ3n) is 3.43. The van der Waals surface area contributed by atoms with Crippen LogP contribution in [0, 0.1) is 6.92 Å². The number of aromatic hydroxyl groups is 1. The third kappa shape index (κ3) is 5.04. The van der Waals surface area contributed by atoms with E-state index in [1.165, 1.54) is 0 Å². The van der Waals surface area contributed by atoms with E-state index in [9.17, 15) is 5.11 Å². The first-order valence-electron chi connectivity index (χ1n) is 7.91. The van der Waals surface area contributed by atoms with Crippen LogP contribution in [0.2, 0.25) is 0 Å². The van der Waals surface area contributed by atoms with E-state index < -0.39 is 0 Å². The molecule has 1 aromatic heterocycles. The highest BCUT2D eigenvalue weighted by atomic mass is 16.3. The van der Waals surface area contributed by atoms with Crippen LogP contribution >= 0.6 is 0 Å². The molecule has 0 atom stereocenters. The van der Waals surface area contributed by atoms with Crippen LogP contribution in [0.1, 0.15) is 16.8 Å². The number of rotatable bonds is 6. The van der Waals surface area contributed by atoms with Gasteiger partial charge in [-0.1, -0.05) is 30.3 Å². The molecular weight excluding hydrogens is 314 g/mol. The zero-order valence-electron chi connectivity index (χ0n) is 13.8. The predicted octanol–water partition coefficient (Wildman–Crippen LogP) is 3.55. The van der Waals surface area contributed by atoms with Crippen molar-refractivity contribution >= 4 is 18.0 Å². The number of nitrogens with zero attached hydrogens (tertiary/aromatic N) is 3. The van der Waals surface area contributed by atoms with Crippen LogP contribution in [0.5, 0.6) is 5.75 Å². The Kier molecular flexibility index (Phi) is 5.21. The van der Waals surface area contributed by atoms with Gasteiger partial charge in [0.15, 0.2) is 5.82 Å². The zero-order chi connectivity index (χ0) is 17.5. The van der Waals surface area contributed by atoms with Crippen LogP contribution in [-0.4, -0.2) is 21.3 Å². The van der Waals surface area contributed by atoms with Crippen molar-refractivity contribution in [1.29, 1.82) is 0 Å². The molecule has 126 valence electrons. The number of hydrogen-bond donors (Lipinski definition) is 3. The summed E-state index contributed by atoms with van der Waals surface area (Å²) >= 11 is 0. The summed E-state index contributed by atoms with van der Waals surface area (Å²) in [5.74, 6) is 1.38. The van der Waals surface area contributed by atoms with Crippen molar-refractivity contribution in [3.8, 4) is 5.75 Å². The van der Waals surface area contributed by atoms with E-state index in [2.05, 4.69) is 25.8 Å².